The van der Waals surface area contributed by atoms with Crippen molar-refractivity contribution in [2.45, 2.75) is 25.9 Å². The predicted octanol–water partition coefficient (Wildman–Crippen LogP) is 2.47. The van der Waals surface area contributed by atoms with Gasteiger partial charge in [0.2, 0.25) is 0 Å². The van der Waals surface area contributed by atoms with Gasteiger partial charge in [0.1, 0.15) is 5.75 Å². The van der Waals surface area contributed by atoms with Gasteiger partial charge in [-0.25, -0.2) is 0 Å². The molecule has 2 amide bonds. The van der Waals surface area contributed by atoms with Crippen LogP contribution in [0.15, 0.2) is 18.2 Å². The van der Waals surface area contributed by atoms with Crippen molar-refractivity contribution in [3.63, 3.8) is 0 Å². The molecule has 1 aliphatic carbocycles. The molecule has 9 nitrogen and oxygen atoms in total. The number of hydrogen-bond acceptors (Lipinski definition) is 7. The summed E-state index contributed by atoms with van der Waals surface area (Å²) in [6.07, 6.45) is 2.72. The number of aryl methyl sites for hydroxylation is 1. The van der Waals surface area contributed by atoms with Crippen LogP contribution in [0.1, 0.15) is 38.3 Å². The molecule has 2 saturated heterocycles. The third-order valence-electron chi connectivity index (χ3n) is 8.39. The van der Waals surface area contributed by atoms with Gasteiger partial charge >= 0.3 is 0 Å². The Bertz CT molecular complexity index is 1420. The maximum atomic E-state index is 14.1. The van der Waals surface area contributed by atoms with E-state index in [1.807, 2.05) is 12.1 Å². The van der Waals surface area contributed by atoms with Crippen molar-refractivity contribution in [3.8, 4) is 5.75 Å². The molecular formula is C28H32N4O5. The lowest BCUT2D eigenvalue weighted by atomic mass is 9.93. The number of rotatable bonds is 5. The molecule has 0 saturated carbocycles. The Kier molecular flexibility index (Phi) is 5.69. The first-order chi connectivity index (χ1) is 18.2. The summed E-state index contributed by atoms with van der Waals surface area (Å²) in [6, 6.07) is 6.07. The van der Waals surface area contributed by atoms with Crippen LogP contribution >= 0.6 is 0 Å². The van der Waals surface area contributed by atoms with E-state index < -0.39 is 0 Å². The summed E-state index contributed by atoms with van der Waals surface area (Å²) in [6.45, 7) is 6.85. The van der Waals surface area contributed by atoms with Crippen molar-refractivity contribution in [1.29, 1.82) is 0 Å². The summed E-state index contributed by atoms with van der Waals surface area (Å²) in [4.78, 5) is 34.0. The standard InChI is InChI=1S/C28H32N4O5/c1-35-21-7-3-6-20-23(21)24-25-22(27(33)32(28(25)34)17-30-10-14-37-15-11-30)18-4-2-5-19(18)26(24)31(20)16-29-8-12-36-13-9-29/h3,6-7H,2,4-5,8-17H2,1H3. The zero-order valence-corrected chi connectivity index (χ0v) is 21.3. The number of nitrogens with zero attached hydrogens (tertiary/aromatic N) is 4. The fourth-order valence-corrected chi connectivity index (χ4v) is 6.63. The summed E-state index contributed by atoms with van der Waals surface area (Å²) < 4.78 is 19.3. The molecule has 2 aromatic carbocycles. The summed E-state index contributed by atoms with van der Waals surface area (Å²) in [5, 5.41) is 1.80. The van der Waals surface area contributed by atoms with Crippen molar-refractivity contribution in [1.82, 2.24) is 19.3 Å². The Morgan fingerprint density at radius 1 is 0.811 bits per heavy atom. The molecule has 4 aliphatic rings. The molecule has 0 radical (unpaired) electrons. The minimum Gasteiger partial charge on any atom is -0.496 e. The number of amides is 2. The molecule has 3 aromatic rings. The zero-order valence-electron chi connectivity index (χ0n) is 21.3. The molecular weight excluding hydrogens is 472 g/mol. The van der Waals surface area contributed by atoms with Crippen LogP contribution in [-0.2, 0) is 29.0 Å². The highest BCUT2D eigenvalue weighted by atomic mass is 16.5. The molecule has 0 bridgehead atoms. The predicted molar refractivity (Wildman–Crippen MR) is 138 cm³/mol. The Labute approximate surface area is 215 Å². The van der Waals surface area contributed by atoms with Gasteiger partial charge in [-0.05, 0) is 42.5 Å². The summed E-state index contributed by atoms with van der Waals surface area (Å²) in [5.41, 5.74) is 5.59. The Morgan fingerprint density at radius 2 is 1.46 bits per heavy atom. The summed E-state index contributed by atoms with van der Waals surface area (Å²) in [5.74, 6) is 0.383. The van der Waals surface area contributed by atoms with Gasteiger partial charge in [-0.3, -0.25) is 24.3 Å². The second-order valence-corrected chi connectivity index (χ2v) is 10.3. The highest BCUT2D eigenvalue weighted by Gasteiger charge is 2.43. The molecule has 0 N–H and O–H groups in total. The number of carbonyl (C=O) groups excluding carboxylic acids is 2. The van der Waals surface area contributed by atoms with Gasteiger partial charge < -0.3 is 18.8 Å². The van der Waals surface area contributed by atoms with Crippen LogP contribution in [-0.4, -0.2) is 97.5 Å². The highest BCUT2D eigenvalue weighted by Crippen LogP contribution is 2.46. The first kappa shape index (κ1) is 23.2. The van der Waals surface area contributed by atoms with Gasteiger partial charge in [-0.1, -0.05) is 6.07 Å². The lowest BCUT2D eigenvalue weighted by Gasteiger charge is -2.29. The van der Waals surface area contributed by atoms with Crippen LogP contribution < -0.4 is 4.74 Å². The second kappa shape index (κ2) is 9.09. The SMILES string of the molecule is COc1cccc2c1c1c3c(c4c(c1n2CN1CCOCC1)CCC4)C(=O)N(CN1CCOCC1)C3=O. The average Bonchev–Trinajstić information content (AvgIpc) is 3.60. The fraction of sp³-hybridized carbons (Fsp3) is 0.500. The van der Waals surface area contributed by atoms with Gasteiger partial charge in [-0.15, -0.1) is 0 Å². The number of ether oxygens (including phenoxy) is 3. The van der Waals surface area contributed by atoms with Crippen molar-refractivity contribution >= 4 is 33.6 Å². The molecule has 9 heteroatoms. The van der Waals surface area contributed by atoms with Crippen LogP contribution in [0.4, 0.5) is 0 Å². The number of imide groups is 1. The zero-order chi connectivity index (χ0) is 25.1. The molecule has 0 unspecified atom stereocenters. The normalized spacial score (nSPS) is 20.8. The Morgan fingerprint density at radius 3 is 2.16 bits per heavy atom. The largest absolute Gasteiger partial charge is 0.496 e. The maximum Gasteiger partial charge on any atom is 0.263 e. The van der Waals surface area contributed by atoms with Crippen LogP contribution in [0, 0.1) is 0 Å². The lowest BCUT2D eigenvalue weighted by molar-refractivity contribution is 0.0124. The summed E-state index contributed by atoms with van der Waals surface area (Å²) >= 11 is 0. The van der Waals surface area contributed by atoms with E-state index in [9.17, 15) is 9.59 Å². The van der Waals surface area contributed by atoms with Crippen molar-refractivity contribution in [2.24, 2.45) is 0 Å². The maximum absolute atomic E-state index is 14.1. The number of methoxy groups -OCH3 is 1. The van der Waals surface area contributed by atoms with Crippen molar-refractivity contribution < 1.29 is 23.8 Å². The Balaban J connectivity index is 1.47. The highest BCUT2D eigenvalue weighted by molar-refractivity contribution is 6.32. The van der Waals surface area contributed by atoms with Gasteiger partial charge in [0, 0.05) is 31.6 Å². The number of benzene rings is 2. The topological polar surface area (TPSA) is 76.5 Å². The first-order valence-corrected chi connectivity index (χ1v) is 13.3. The molecule has 3 aliphatic heterocycles. The smallest absolute Gasteiger partial charge is 0.263 e. The molecule has 7 rings (SSSR count). The fourth-order valence-electron chi connectivity index (χ4n) is 6.63. The van der Waals surface area contributed by atoms with E-state index in [1.165, 1.54) is 10.5 Å². The minimum atomic E-state index is -0.192. The monoisotopic (exact) mass is 504 g/mol. The van der Waals surface area contributed by atoms with E-state index in [-0.39, 0.29) is 11.8 Å². The van der Waals surface area contributed by atoms with Crippen LogP contribution in [0.3, 0.4) is 0 Å². The number of aromatic nitrogens is 1. The van der Waals surface area contributed by atoms with Crippen LogP contribution in [0.25, 0.3) is 21.8 Å². The van der Waals surface area contributed by atoms with Gasteiger partial charge in [0.15, 0.2) is 0 Å². The molecule has 1 aromatic heterocycles. The van der Waals surface area contributed by atoms with Gasteiger partial charge in [0.05, 0.1) is 74.4 Å². The average molecular weight is 505 g/mol. The quantitative estimate of drug-likeness (QED) is 0.494. The van der Waals surface area contributed by atoms with Crippen molar-refractivity contribution in [3.05, 3.63) is 40.5 Å². The van der Waals surface area contributed by atoms with Crippen LogP contribution in [0.5, 0.6) is 5.75 Å². The van der Waals surface area contributed by atoms with E-state index in [1.54, 1.807) is 7.11 Å². The van der Waals surface area contributed by atoms with E-state index >= 15 is 0 Å². The molecule has 4 heterocycles. The molecule has 194 valence electrons. The third-order valence-corrected chi connectivity index (χ3v) is 8.39. The molecule has 2 fully saturated rings. The molecule has 37 heavy (non-hydrogen) atoms. The Hall–Kier alpha value is -2.98. The molecule has 0 spiro atoms. The van der Waals surface area contributed by atoms with Gasteiger partial charge in [0.25, 0.3) is 11.8 Å². The van der Waals surface area contributed by atoms with E-state index in [0.717, 1.165) is 78.7 Å². The van der Waals surface area contributed by atoms with Crippen molar-refractivity contribution in [2.75, 3.05) is 66.4 Å². The number of morpholine rings is 2. The third kappa shape index (κ3) is 3.52. The number of fused-ring (bicyclic) bond motifs is 8. The number of hydrogen-bond donors (Lipinski definition) is 0. The lowest BCUT2D eigenvalue weighted by Crippen LogP contribution is -2.46. The van der Waals surface area contributed by atoms with E-state index in [2.05, 4.69) is 20.4 Å². The van der Waals surface area contributed by atoms with E-state index in [0.29, 0.717) is 50.8 Å². The summed E-state index contributed by atoms with van der Waals surface area (Å²) in [7, 11) is 1.67. The second-order valence-electron chi connectivity index (χ2n) is 10.3. The van der Waals surface area contributed by atoms with Gasteiger partial charge in [-0.2, -0.15) is 0 Å². The number of carbonyl (C=O) groups is 2. The molecule has 0 atom stereocenters. The van der Waals surface area contributed by atoms with E-state index in [4.69, 9.17) is 14.2 Å². The minimum absolute atomic E-state index is 0.157. The van der Waals surface area contributed by atoms with Crippen LogP contribution in [0.2, 0.25) is 0 Å². The first-order valence-electron chi connectivity index (χ1n) is 13.3.